The third-order valence-corrected chi connectivity index (χ3v) is 3.36. The largest absolute Gasteiger partial charge is 0.345 e. The van der Waals surface area contributed by atoms with E-state index in [0.29, 0.717) is 0 Å². The van der Waals surface area contributed by atoms with Crippen molar-refractivity contribution < 1.29 is 0 Å². The number of pyridine rings is 1. The van der Waals surface area contributed by atoms with E-state index in [0.717, 1.165) is 29.8 Å². The molecule has 3 heterocycles. The van der Waals surface area contributed by atoms with Crippen LogP contribution in [0.4, 0.5) is 0 Å². The highest BCUT2D eigenvalue weighted by molar-refractivity contribution is 9.10. The minimum atomic E-state index is 0.868. The van der Waals surface area contributed by atoms with Crippen LogP contribution < -0.4 is 5.32 Å². The lowest BCUT2D eigenvalue weighted by atomic mass is 10.0. The molecule has 0 spiro atoms. The Bertz CT molecular complexity index is 556. The van der Waals surface area contributed by atoms with Crippen molar-refractivity contribution in [2.24, 2.45) is 0 Å². The number of rotatable bonds is 1. The van der Waals surface area contributed by atoms with E-state index >= 15 is 0 Å². The van der Waals surface area contributed by atoms with Gasteiger partial charge in [-0.05, 0) is 46.6 Å². The zero-order valence-electron chi connectivity index (χ0n) is 8.76. The fraction of sp³-hybridized carbons (Fsp3) is 0.250. The molecule has 2 aromatic rings. The highest BCUT2D eigenvalue weighted by Crippen LogP contribution is 2.27. The molecule has 16 heavy (non-hydrogen) atoms. The van der Waals surface area contributed by atoms with Crippen LogP contribution >= 0.6 is 15.9 Å². The van der Waals surface area contributed by atoms with Gasteiger partial charge in [0.25, 0.3) is 0 Å². The van der Waals surface area contributed by atoms with E-state index in [9.17, 15) is 0 Å². The number of nitrogens with zero attached hydrogens (tertiary/aromatic N) is 1. The van der Waals surface area contributed by atoms with E-state index in [4.69, 9.17) is 0 Å². The number of hydrogen-bond donors (Lipinski definition) is 2. The highest BCUT2D eigenvalue weighted by Gasteiger charge is 2.11. The Morgan fingerprint density at radius 1 is 1.31 bits per heavy atom. The molecule has 0 aromatic carbocycles. The first-order valence-electron chi connectivity index (χ1n) is 5.38. The van der Waals surface area contributed by atoms with Crippen LogP contribution in [0.1, 0.15) is 12.0 Å². The van der Waals surface area contributed by atoms with E-state index in [2.05, 4.69) is 49.6 Å². The van der Waals surface area contributed by atoms with E-state index in [1.165, 1.54) is 16.5 Å². The predicted octanol–water partition coefficient (Wildman–Crippen LogP) is 2.70. The number of nitrogens with one attached hydrogen (secondary N) is 2. The fourth-order valence-electron chi connectivity index (χ4n) is 2.11. The summed E-state index contributed by atoms with van der Waals surface area (Å²) in [6, 6.07) is 4.10. The second-order valence-corrected chi connectivity index (χ2v) is 4.73. The lowest BCUT2D eigenvalue weighted by molar-refractivity contribution is 0.739. The van der Waals surface area contributed by atoms with Crippen molar-refractivity contribution in [1.82, 2.24) is 15.3 Å². The normalized spacial score (nSPS) is 16.4. The van der Waals surface area contributed by atoms with Gasteiger partial charge in [-0.15, -0.1) is 0 Å². The molecular formula is C12H12BrN3. The summed E-state index contributed by atoms with van der Waals surface area (Å²) in [5.41, 5.74) is 3.65. The van der Waals surface area contributed by atoms with Gasteiger partial charge in [0.05, 0.1) is 0 Å². The average molecular weight is 278 g/mol. The van der Waals surface area contributed by atoms with Gasteiger partial charge < -0.3 is 10.3 Å². The lowest BCUT2D eigenvalue weighted by Gasteiger charge is -2.13. The Morgan fingerprint density at radius 2 is 2.25 bits per heavy atom. The van der Waals surface area contributed by atoms with Gasteiger partial charge in [0, 0.05) is 23.7 Å². The minimum absolute atomic E-state index is 0.868. The van der Waals surface area contributed by atoms with Crippen LogP contribution in [0.5, 0.6) is 0 Å². The van der Waals surface area contributed by atoms with Gasteiger partial charge >= 0.3 is 0 Å². The number of aromatic nitrogens is 2. The van der Waals surface area contributed by atoms with Crippen molar-refractivity contribution in [2.45, 2.75) is 6.42 Å². The second kappa shape index (κ2) is 4.03. The van der Waals surface area contributed by atoms with E-state index in [1.54, 1.807) is 0 Å². The predicted molar refractivity (Wildman–Crippen MR) is 69.3 cm³/mol. The molecule has 3 rings (SSSR count). The molecule has 0 unspecified atom stereocenters. The summed E-state index contributed by atoms with van der Waals surface area (Å²) in [4.78, 5) is 7.63. The first-order valence-corrected chi connectivity index (χ1v) is 6.17. The summed E-state index contributed by atoms with van der Waals surface area (Å²) in [5.74, 6) is 0. The van der Waals surface area contributed by atoms with Crippen molar-refractivity contribution in [2.75, 3.05) is 13.1 Å². The number of H-pyrrole nitrogens is 1. The maximum atomic E-state index is 4.41. The maximum absolute atomic E-state index is 4.41. The quantitative estimate of drug-likeness (QED) is 0.787. The van der Waals surface area contributed by atoms with Gasteiger partial charge in [0.1, 0.15) is 10.3 Å². The highest BCUT2D eigenvalue weighted by atomic mass is 79.9. The Labute approximate surface area is 102 Å². The molecule has 0 saturated carbocycles. The summed E-state index contributed by atoms with van der Waals surface area (Å²) in [5, 5.41) is 4.53. The summed E-state index contributed by atoms with van der Waals surface area (Å²) >= 11 is 3.38. The topological polar surface area (TPSA) is 40.7 Å². The molecular weight excluding hydrogens is 266 g/mol. The zero-order chi connectivity index (χ0) is 11.0. The third-order valence-electron chi connectivity index (χ3n) is 2.91. The zero-order valence-corrected chi connectivity index (χ0v) is 10.3. The van der Waals surface area contributed by atoms with E-state index in [-0.39, 0.29) is 0 Å². The first-order chi connectivity index (χ1) is 7.84. The standard InChI is InChI=1S/C12H12BrN3/c13-11-2-1-9-10(7-15-12(9)16-11)8-3-5-14-6-4-8/h1-3,7,14H,4-6H2,(H,15,16). The van der Waals surface area contributed by atoms with E-state index in [1.807, 2.05) is 6.07 Å². The van der Waals surface area contributed by atoms with Gasteiger partial charge in [0.2, 0.25) is 0 Å². The summed E-state index contributed by atoms with van der Waals surface area (Å²) in [6.45, 7) is 2.02. The van der Waals surface area contributed by atoms with Crippen LogP contribution in [0.25, 0.3) is 16.6 Å². The van der Waals surface area contributed by atoms with Crippen molar-refractivity contribution in [3.63, 3.8) is 0 Å². The smallest absolute Gasteiger partial charge is 0.139 e. The molecule has 0 bridgehead atoms. The number of hydrogen-bond acceptors (Lipinski definition) is 2. The van der Waals surface area contributed by atoms with Crippen LogP contribution in [0.15, 0.2) is 29.0 Å². The van der Waals surface area contributed by atoms with Crippen molar-refractivity contribution in [3.8, 4) is 0 Å². The lowest BCUT2D eigenvalue weighted by Crippen LogP contribution is -2.19. The molecule has 4 heteroatoms. The Kier molecular flexibility index (Phi) is 2.53. The summed E-state index contributed by atoms with van der Waals surface area (Å²) in [6.07, 6.45) is 5.40. The Balaban J connectivity index is 2.13. The van der Waals surface area contributed by atoms with Crippen molar-refractivity contribution in [3.05, 3.63) is 34.6 Å². The molecule has 82 valence electrons. The van der Waals surface area contributed by atoms with Crippen molar-refractivity contribution >= 4 is 32.5 Å². The molecule has 0 radical (unpaired) electrons. The van der Waals surface area contributed by atoms with Gasteiger partial charge in [-0.1, -0.05) is 6.08 Å². The molecule has 2 aromatic heterocycles. The molecule has 0 aliphatic carbocycles. The molecule has 3 nitrogen and oxygen atoms in total. The van der Waals surface area contributed by atoms with Crippen LogP contribution in [0.3, 0.4) is 0 Å². The van der Waals surface area contributed by atoms with Gasteiger partial charge in [-0.25, -0.2) is 4.98 Å². The maximum Gasteiger partial charge on any atom is 0.139 e. The number of aromatic amines is 1. The number of fused-ring (bicyclic) bond motifs is 1. The molecule has 1 aliphatic heterocycles. The van der Waals surface area contributed by atoms with Crippen molar-refractivity contribution in [1.29, 1.82) is 0 Å². The SMILES string of the molecule is Brc1ccc2c(C3=CCNCC3)c[nH]c2n1. The molecule has 2 N–H and O–H groups in total. The van der Waals surface area contributed by atoms with Gasteiger partial charge in [0.15, 0.2) is 0 Å². The average Bonchev–Trinajstić information content (AvgIpc) is 2.73. The minimum Gasteiger partial charge on any atom is -0.345 e. The van der Waals surface area contributed by atoms with Crippen LogP contribution in [0.2, 0.25) is 0 Å². The van der Waals surface area contributed by atoms with Crippen LogP contribution in [-0.4, -0.2) is 23.1 Å². The monoisotopic (exact) mass is 277 g/mol. The van der Waals surface area contributed by atoms with Crippen LogP contribution in [0, 0.1) is 0 Å². The third kappa shape index (κ3) is 1.68. The first kappa shape index (κ1) is 10.1. The Hall–Kier alpha value is -1.13. The molecule has 1 aliphatic rings. The molecule has 0 amide bonds. The second-order valence-electron chi connectivity index (χ2n) is 3.92. The number of halogens is 1. The molecule has 0 atom stereocenters. The van der Waals surface area contributed by atoms with Gasteiger partial charge in [-0.3, -0.25) is 0 Å². The fourth-order valence-corrected chi connectivity index (χ4v) is 2.42. The molecule has 0 saturated heterocycles. The van der Waals surface area contributed by atoms with Crippen LogP contribution in [-0.2, 0) is 0 Å². The van der Waals surface area contributed by atoms with Gasteiger partial charge in [-0.2, -0.15) is 0 Å². The molecule has 0 fully saturated rings. The summed E-state index contributed by atoms with van der Waals surface area (Å²) < 4.78 is 0.868. The van der Waals surface area contributed by atoms with E-state index < -0.39 is 0 Å². The summed E-state index contributed by atoms with van der Waals surface area (Å²) in [7, 11) is 0. The Morgan fingerprint density at radius 3 is 3.06 bits per heavy atom.